The average molecular weight is 223 g/mol. The smallest absolute Gasteiger partial charge is 0.337 e. The van der Waals surface area contributed by atoms with E-state index < -0.39 is 5.97 Å². The van der Waals surface area contributed by atoms with Crippen LogP contribution in [-0.2, 0) is 0 Å². The first-order valence-corrected chi connectivity index (χ1v) is 5.20. The standard InChI is InChI=1S/C11H17N3O2/c1-12-5-3-7-14(2)10-8-13-6-4-9(10)11(15)16/h4,6,8,12H,3,5,7H2,1-2H3,(H,15,16). The zero-order valence-corrected chi connectivity index (χ0v) is 9.60. The van der Waals surface area contributed by atoms with E-state index in [1.807, 2.05) is 19.0 Å². The van der Waals surface area contributed by atoms with Crippen molar-refractivity contribution in [2.45, 2.75) is 6.42 Å². The van der Waals surface area contributed by atoms with E-state index in [1.54, 1.807) is 6.20 Å². The van der Waals surface area contributed by atoms with Gasteiger partial charge in [0, 0.05) is 19.8 Å². The molecule has 0 amide bonds. The van der Waals surface area contributed by atoms with E-state index in [1.165, 1.54) is 12.3 Å². The molecule has 0 aromatic carbocycles. The molecule has 2 N–H and O–H groups in total. The first-order valence-electron chi connectivity index (χ1n) is 5.20. The van der Waals surface area contributed by atoms with Crippen molar-refractivity contribution in [3.63, 3.8) is 0 Å². The van der Waals surface area contributed by atoms with Gasteiger partial charge in [-0.3, -0.25) is 4.98 Å². The summed E-state index contributed by atoms with van der Waals surface area (Å²) < 4.78 is 0. The van der Waals surface area contributed by atoms with Crippen molar-refractivity contribution in [1.29, 1.82) is 0 Å². The maximum absolute atomic E-state index is 11.0. The van der Waals surface area contributed by atoms with Crippen LogP contribution in [0.5, 0.6) is 0 Å². The van der Waals surface area contributed by atoms with Crippen LogP contribution in [0.3, 0.4) is 0 Å². The van der Waals surface area contributed by atoms with Crippen molar-refractivity contribution in [3.05, 3.63) is 24.0 Å². The number of pyridine rings is 1. The molecule has 5 nitrogen and oxygen atoms in total. The van der Waals surface area contributed by atoms with E-state index in [0.717, 1.165) is 19.5 Å². The zero-order valence-electron chi connectivity index (χ0n) is 9.60. The summed E-state index contributed by atoms with van der Waals surface area (Å²) in [5.74, 6) is -0.919. The lowest BCUT2D eigenvalue weighted by atomic mass is 10.2. The van der Waals surface area contributed by atoms with Gasteiger partial charge in [0.1, 0.15) is 0 Å². The lowest BCUT2D eigenvalue weighted by molar-refractivity contribution is 0.0697. The Bertz CT molecular complexity index is 355. The van der Waals surface area contributed by atoms with E-state index in [-0.39, 0.29) is 0 Å². The molecule has 1 heterocycles. The minimum Gasteiger partial charge on any atom is -0.478 e. The van der Waals surface area contributed by atoms with Gasteiger partial charge in [0.2, 0.25) is 0 Å². The summed E-state index contributed by atoms with van der Waals surface area (Å²) in [4.78, 5) is 16.9. The Hall–Kier alpha value is -1.62. The Morgan fingerprint density at radius 1 is 1.62 bits per heavy atom. The van der Waals surface area contributed by atoms with Crippen LogP contribution in [0.2, 0.25) is 0 Å². The van der Waals surface area contributed by atoms with Crippen LogP contribution in [0.25, 0.3) is 0 Å². The number of carboxylic acids is 1. The Kier molecular flexibility index (Phi) is 4.72. The summed E-state index contributed by atoms with van der Waals surface area (Å²) in [6.45, 7) is 1.71. The molecule has 0 bridgehead atoms. The highest BCUT2D eigenvalue weighted by molar-refractivity contribution is 5.94. The average Bonchev–Trinajstić information content (AvgIpc) is 2.29. The summed E-state index contributed by atoms with van der Waals surface area (Å²) in [5, 5.41) is 12.1. The lowest BCUT2D eigenvalue weighted by Gasteiger charge is -2.20. The molecule has 0 aliphatic rings. The maximum atomic E-state index is 11.0. The molecule has 1 aromatic rings. The second-order valence-electron chi connectivity index (χ2n) is 3.58. The largest absolute Gasteiger partial charge is 0.478 e. The second kappa shape index (κ2) is 6.07. The van der Waals surface area contributed by atoms with E-state index in [0.29, 0.717) is 11.3 Å². The predicted octanol–water partition coefficient (Wildman–Crippen LogP) is 0.825. The van der Waals surface area contributed by atoms with Crippen molar-refractivity contribution in [2.24, 2.45) is 0 Å². The molecule has 0 radical (unpaired) electrons. The van der Waals surface area contributed by atoms with Gasteiger partial charge in [0.05, 0.1) is 17.4 Å². The molecule has 0 fully saturated rings. The van der Waals surface area contributed by atoms with Gasteiger partial charge < -0.3 is 15.3 Å². The van der Waals surface area contributed by atoms with Gasteiger partial charge in [-0.05, 0) is 26.1 Å². The number of hydrogen-bond donors (Lipinski definition) is 2. The van der Waals surface area contributed by atoms with Crippen LogP contribution in [0, 0.1) is 0 Å². The molecule has 0 saturated carbocycles. The minimum atomic E-state index is -0.919. The van der Waals surface area contributed by atoms with Gasteiger partial charge >= 0.3 is 5.97 Å². The van der Waals surface area contributed by atoms with Crippen LogP contribution in [0.1, 0.15) is 16.8 Å². The Balaban J connectivity index is 2.74. The van der Waals surface area contributed by atoms with Gasteiger partial charge in [-0.25, -0.2) is 4.79 Å². The van der Waals surface area contributed by atoms with Crippen LogP contribution in [0.4, 0.5) is 5.69 Å². The zero-order chi connectivity index (χ0) is 12.0. The van der Waals surface area contributed by atoms with Gasteiger partial charge in [0.15, 0.2) is 0 Å². The third-order valence-electron chi connectivity index (χ3n) is 2.36. The Labute approximate surface area is 95.1 Å². The number of aromatic nitrogens is 1. The number of hydrogen-bond acceptors (Lipinski definition) is 4. The van der Waals surface area contributed by atoms with Crippen LogP contribution >= 0.6 is 0 Å². The fourth-order valence-electron chi connectivity index (χ4n) is 1.48. The van der Waals surface area contributed by atoms with E-state index in [9.17, 15) is 4.79 Å². The molecule has 0 saturated heterocycles. The fourth-order valence-corrected chi connectivity index (χ4v) is 1.48. The predicted molar refractivity (Wildman–Crippen MR) is 63.0 cm³/mol. The van der Waals surface area contributed by atoms with E-state index >= 15 is 0 Å². The van der Waals surface area contributed by atoms with Gasteiger partial charge in [-0.2, -0.15) is 0 Å². The molecule has 0 unspecified atom stereocenters. The summed E-state index contributed by atoms with van der Waals surface area (Å²) in [7, 11) is 3.77. The monoisotopic (exact) mass is 223 g/mol. The SMILES string of the molecule is CNCCCN(C)c1cnccc1C(=O)O. The molecular weight excluding hydrogens is 206 g/mol. The molecule has 0 atom stereocenters. The highest BCUT2D eigenvalue weighted by Crippen LogP contribution is 2.17. The first-order chi connectivity index (χ1) is 7.66. The number of rotatable bonds is 6. The van der Waals surface area contributed by atoms with Crippen molar-refractivity contribution in [3.8, 4) is 0 Å². The fraction of sp³-hybridized carbons (Fsp3) is 0.455. The number of anilines is 1. The van der Waals surface area contributed by atoms with Gasteiger partial charge in [-0.15, -0.1) is 0 Å². The van der Waals surface area contributed by atoms with E-state index in [2.05, 4.69) is 10.3 Å². The summed E-state index contributed by atoms with van der Waals surface area (Å²) in [6, 6.07) is 1.52. The number of aromatic carboxylic acids is 1. The molecule has 0 aliphatic carbocycles. The highest BCUT2D eigenvalue weighted by Gasteiger charge is 2.12. The molecule has 5 heteroatoms. The molecule has 1 aromatic heterocycles. The normalized spacial score (nSPS) is 10.1. The first kappa shape index (κ1) is 12.4. The van der Waals surface area contributed by atoms with Crippen molar-refractivity contribution in [1.82, 2.24) is 10.3 Å². The number of carbonyl (C=O) groups is 1. The Morgan fingerprint density at radius 3 is 3.00 bits per heavy atom. The molecule has 0 aliphatic heterocycles. The number of nitrogens with zero attached hydrogens (tertiary/aromatic N) is 2. The quantitative estimate of drug-likeness (QED) is 0.699. The summed E-state index contributed by atoms with van der Waals surface area (Å²) in [6.07, 6.45) is 4.04. The molecule has 88 valence electrons. The van der Waals surface area contributed by atoms with Crippen molar-refractivity contribution < 1.29 is 9.90 Å². The summed E-state index contributed by atoms with van der Waals surface area (Å²) >= 11 is 0. The topological polar surface area (TPSA) is 65.5 Å². The van der Waals surface area contributed by atoms with Crippen LogP contribution in [-0.4, -0.2) is 43.2 Å². The molecular formula is C11H17N3O2. The maximum Gasteiger partial charge on any atom is 0.337 e. The second-order valence-corrected chi connectivity index (χ2v) is 3.58. The lowest BCUT2D eigenvalue weighted by Crippen LogP contribution is -2.24. The number of nitrogens with one attached hydrogen (secondary N) is 1. The van der Waals surface area contributed by atoms with E-state index in [4.69, 9.17) is 5.11 Å². The van der Waals surface area contributed by atoms with Crippen LogP contribution < -0.4 is 10.2 Å². The van der Waals surface area contributed by atoms with Crippen molar-refractivity contribution in [2.75, 3.05) is 32.1 Å². The summed E-state index contributed by atoms with van der Waals surface area (Å²) in [5.41, 5.74) is 0.952. The third-order valence-corrected chi connectivity index (χ3v) is 2.36. The molecule has 0 spiro atoms. The molecule has 16 heavy (non-hydrogen) atoms. The Morgan fingerprint density at radius 2 is 2.38 bits per heavy atom. The van der Waals surface area contributed by atoms with Crippen molar-refractivity contribution >= 4 is 11.7 Å². The molecule has 1 rings (SSSR count). The van der Waals surface area contributed by atoms with Gasteiger partial charge in [0.25, 0.3) is 0 Å². The third kappa shape index (κ3) is 3.20. The highest BCUT2D eigenvalue weighted by atomic mass is 16.4. The minimum absolute atomic E-state index is 0.293. The number of carboxylic acid groups (broad SMARTS) is 1. The van der Waals surface area contributed by atoms with Crippen LogP contribution in [0.15, 0.2) is 18.5 Å². The van der Waals surface area contributed by atoms with Gasteiger partial charge in [-0.1, -0.05) is 0 Å².